The van der Waals surface area contributed by atoms with Crippen molar-refractivity contribution in [3.05, 3.63) is 59.7 Å². The maximum atomic E-state index is 12.4. The molecule has 1 amide bonds. The molecule has 2 bridgehead atoms. The highest BCUT2D eigenvalue weighted by atomic mass is 16.5. The van der Waals surface area contributed by atoms with E-state index in [4.69, 9.17) is 9.47 Å². The van der Waals surface area contributed by atoms with E-state index >= 15 is 0 Å². The Morgan fingerprint density at radius 2 is 1.62 bits per heavy atom. The van der Waals surface area contributed by atoms with Crippen molar-refractivity contribution in [2.45, 2.75) is 30.8 Å². The van der Waals surface area contributed by atoms with Crippen molar-refractivity contribution in [1.82, 2.24) is 10.2 Å². The summed E-state index contributed by atoms with van der Waals surface area (Å²) in [6.07, 6.45) is 1.82. The van der Waals surface area contributed by atoms with E-state index in [1.807, 2.05) is 0 Å². The number of ether oxygens (including phenoxy) is 2. The molecule has 5 nitrogen and oxygen atoms in total. The fourth-order valence-electron chi connectivity index (χ4n) is 5.25. The first kappa shape index (κ1) is 18.6. The Morgan fingerprint density at radius 1 is 1.03 bits per heavy atom. The normalized spacial score (nSPS) is 25.9. The zero-order valence-corrected chi connectivity index (χ0v) is 16.8. The van der Waals surface area contributed by atoms with Gasteiger partial charge in [-0.1, -0.05) is 48.5 Å². The lowest BCUT2D eigenvalue weighted by molar-refractivity contribution is -0.0742. The number of piperidine rings is 1. The summed E-state index contributed by atoms with van der Waals surface area (Å²) in [5.74, 6) is 0.596. The summed E-state index contributed by atoms with van der Waals surface area (Å²) in [6.45, 7) is 2.65. The summed E-state index contributed by atoms with van der Waals surface area (Å²) in [7, 11) is 2.19. The van der Waals surface area contributed by atoms with Crippen molar-refractivity contribution in [1.29, 1.82) is 0 Å². The standard InChI is InChI=1S/C24H28N2O3/c1-26-17-10-16(11-18(26)14-28-13-17)12-25-24(27)29-15-23-21-8-4-2-6-19(21)20-7-3-5-9-22(20)23/h2-9,16-18,23H,10-15H2,1H3,(H,25,27). The number of rotatable bonds is 4. The molecular formula is C24H28N2O3. The van der Waals surface area contributed by atoms with Crippen molar-refractivity contribution in [3.63, 3.8) is 0 Å². The Bertz CT molecular complexity index is 840. The number of likely N-dealkylation sites (N-methyl/N-ethyl adjacent to an activating group) is 1. The van der Waals surface area contributed by atoms with Gasteiger partial charge in [0.15, 0.2) is 0 Å². The molecule has 5 rings (SSSR count). The van der Waals surface area contributed by atoms with Gasteiger partial charge in [0.25, 0.3) is 0 Å². The van der Waals surface area contributed by atoms with Crippen molar-refractivity contribution >= 4 is 6.09 Å². The second kappa shape index (κ2) is 7.81. The molecule has 2 saturated heterocycles. The largest absolute Gasteiger partial charge is 0.449 e. The monoisotopic (exact) mass is 392 g/mol. The molecule has 2 aromatic carbocycles. The van der Waals surface area contributed by atoms with E-state index in [1.54, 1.807) is 0 Å². The van der Waals surface area contributed by atoms with Crippen LogP contribution in [0.25, 0.3) is 11.1 Å². The van der Waals surface area contributed by atoms with Gasteiger partial charge >= 0.3 is 6.09 Å². The van der Waals surface area contributed by atoms with Crippen LogP contribution in [0.15, 0.2) is 48.5 Å². The number of carbonyl (C=O) groups is 1. The second-order valence-electron chi connectivity index (χ2n) is 8.55. The van der Waals surface area contributed by atoms with Crippen LogP contribution in [0.4, 0.5) is 4.79 Å². The van der Waals surface area contributed by atoms with Crippen molar-refractivity contribution in [3.8, 4) is 11.1 Å². The van der Waals surface area contributed by atoms with Crippen LogP contribution in [0.1, 0.15) is 29.9 Å². The van der Waals surface area contributed by atoms with Gasteiger partial charge in [0.05, 0.1) is 13.2 Å². The van der Waals surface area contributed by atoms with E-state index in [0.29, 0.717) is 31.2 Å². The number of fused-ring (bicyclic) bond motifs is 5. The van der Waals surface area contributed by atoms with Crippen LogP contribution in [0.3, 0.4) is 0 Å². The summed E-state index contributed by atoms with van der Waals surface area (Å²) in [4.78, 5) is 14.8. The van der Waals surface area contributed by atoms with Crippen molar-refractivity contribution < 1.29 is 14.3 Å². The van der Waals surface area contributed by atoms with Crippen LogP contribution in [0, 0.1) is 5.92 Å². The number of carbonyl (C=O) groups excluding carboxylic acids is 1. The number of nitrogens with one attached hydrogen (secondary N) is 1. The first-order valence-corrected chi connectivity index (χ1v) is 10.6. The molecule has 1 aliphatic carbocycles. The summed E-state index contributed by atoms with van der Waals surface area (Å²) < 4.78 is 11.3. The molecule has 1 N–H and O–H groups in total. The van der Waals surface area contributed by atoms with Crippen LogP contribution in [0.5, 0.6) is 0 Å². The molecule has 2 atom stereocenters. The first-order chi connectivity index (χ1) is 14.2. The highest BCUT2D eigenvalue weighted by molar-refractivity contribution is 5.79. The smallest absolute Gasteiger partial charge is 0.407 e. The van der Waals surface area contributed by atoms with Crippen LogP contribution in [-0.4, -0.2) is 56.5 Å². The van der Waals surface area contributed by atoms with Gasteiger partial charge in [-0.15, -0.1) is 0 Å². The number of alkyl carbamates (subject to hydrolysis) is 1. The predicted molar refractivity (Wildman–Crippen MR) is 112 cm³/mol. The quantitative estimate of drug-likeness (QED) is 0.863. The summed E-state index contributed by atoms with van der Waals surface area (Å²) in [5, 5.41) is 3.01. The van der Waals surface area contributed by atoms with Crippen LogP contribution in [0.2, 0.25) is 0 Å². The summed E-state index contributed by atoms with van der Waals surface area (Å²) >= 11 is 0. The fourth-order valence-corrected chi connectivity index (χ4v) is 5.25. The van der Waals surface area contributed by atoms with Gasteiger partial charge in [0, 0.05) is 24.5 Å². The van der Waals surface area contributed by atoms with E-state index in [0.717, 1.165) is 26.1 Å². The zero-order chi connectivity index (χ0) is 19.8. The lowest BCUT2D eigenvalue weighted by Crippen LogP contribution is -2.56. The number of benzene rings is 2. The first-order valence-electron chi connectivity index (χ1n) is 10.6. The Hall–Kier alpha value is -2.37. The average Bonchev–Trinajstić information content (AvgIpc) is 3.05. The minimum atomic E-state index is -0.313. The second-order valence-corrected chi connectivity index (χ2v) is 8.55. The molecule has 2 heterocycles. The molecule has 0 radical (unpaired) electrons. The Labute approximate surface area is 172 Å². The molecular weight excluding hydrogens is 364 g/mol. The highest BCUT2D eigenvalue weighted by Gasteiger charge is 2.36. The van der Waals surface area contributed by atoms with Crippen LogP contribution in [-0.2, 0) is 9.47 Å². The minimum absolute atomic E-state index is 0.105. The number of hydrogen-bond donors (Lipinski definition) is 1. The third kappa shape index (κ3) is 3.53. The minimum Gasteiger partial charge on any atom is -0.449 e. The van der Waals surface area contributed by atoms with Crippen LogP contribution < -0.4 is 5.32 Å². The molecule has 3 aliphatic rings. The average molecular weight is 392 g/mol. The number of morpholine rings is 1. The van der Waals surface area contributed by atoms with Gasteiger partial charge in [-0.2, -0.15) is 0 Å². The molecule has 152 valence electrons. The van der Waals surface area contributed by atoms with E-state index < -0.39 is 0 Å². The summed E-state index contributed by atoms with van der Waals surface area (Å²) in [5.41, 5.74) is 4.98. The van der Waals surface area contributed by atoms with Crippen molar-refractivity contribution in [2.75, 3.05) is 33.4 Å². The van der Waals surface area contributed by atoms with E-state index in [9.17, 15) is 4.79 Å². The maximum Gasteiger partial charge on any atom is 0.407 e. The van der Waals surface area contributed by atoms with Gasteiger partial charge in [0.2, 0.25) is 0 Å². The SMILES string of the molecule is CN1C2COCC1CC(CNC(=O)OCC1c3ccccc3-c3ccccc31)C2. The van der Waals surface area contributed by atoms with Crippen molar-refractivity contribution in [2.24, 2.45) is 5.92 Å². The van der Waals surface area contributed by atoms with E-state index in [1.165, 1.54) is 22.3 Å². The van der Waals surface area contributed by atoms with E-state index in [2.05, 4.69) is 65.8 Å². The number of hydrogen-bond acceptors (Lipinski definition) is 4. The Kier molecular flexibility index (Phi) is 5.02. The highest BCUT2D eigenvalue weighted by Crippen LogP contribution is 2.44. The van der Waals surface area contributed by atoms with Crippen LogP contribution >= 0.6 is 0 Å². The van der Waals surface area contributed by atoms with Gasteiger partial charge in [-0.25, -0.2) is 4.79 Å². The van der Waals surface area contributed by atoms with Gasteiger partial charge in [-0.05, 0) is 48.1 Å². The van der Waals surface area contributed by atoms with E-state index in [-0.39, 0.29) is 12.0 Å². The Balaban J connectivity index is 1.18. The fraction of sp³-hybridized carbons (Fsp3) is 0.458. The van der Waals surface area contributed by atoms with Gasteiger partial charge in [0.1, 0.15) is 6.61 Å². The molecule has 2 unspecified atom stereocenters. The topological polar surface area (TPSA) is 50.8 Å². The molecule has 0 aromatic heterocycles. The molecule has 2 fully saturated rings. The van der Waals surface area contributed by atoms with Gasteiger partial charge < -0.3 is 14.8 Å². The molecule has 2 aliphatic heterocycles. The lowest BCUT2D eigenvalue weighted by atomic mass is 9.85. The summed E-state index contributed by atoms with van der Waals surface area (Å²) in [6, 6.07) is 17.7. The Morgan fingerprint density at radius 3 is 2.24 bits per heavy atom. The predicted octanol–water partition coefficient (Wildman–Crippen LogP) is 3.63. The number of amides is 1. The lowest BCUT2D eigenvalue weighted by Gasteiger charge is -2.46. The molecule has 0 saturated carbocycles. The van der Waals surface area contributed by atoms with Gasteiger partial charge in [-0.3, -0.25) is 4.90 Å². The third-order valence-corrected chi connectivity index (χ3v) is 6.86. The zero-order valence-electron chi connectivity index (χ0n) is 16.8. The molecule has 5 heteroatoms. The molecule has 0 spiro atoms. The third-order valence-electron chi connectivity index (χ3n) is 6.86. The number of nitrogens with zero attached hydrogens (tertiary/aromatic N) is 1. The molecule has 29 heavy (non-hydrogen) atoms. The molecule has 2 aromatic rings. The maximum absolute atomic E-state index is 12.4.